The summed E-state index contributed by atoms with van der Waals surface area (Å²) in [5.74, 6) is -5.84. The van der Waals surface area contributed by atoms with Gasteiger partial charge in [0.25, 0.3) is 5.91 Å². The van der Waals surface area contributed by atoms with Gasteiger partial charge in [-0.15, -0.1) is 21.5 Å². The SMILES string of the molecule is Cc1cc(F)ccc1C(F)(F)C(=O)NC(C)c1nncs1. The third-order valence-electron chi connectivity index (χ3n) is 2.91. The number of benzene rings is 1. The lowest BCUT2D eigenvalue weighted by atomic mass is 10.0. The molecule has 1 aromatic heterocycles. The number of alkyl halides is 2. The lowest BCUT2D eigenvalue weighted by Crippen LogP contribution is -2.39. The number of nitrogens with zero attached hydrogens (tertiary/aromatic N) is 2. The molecule has 0 bridgehead atoms. The Bertz CT molecular complexity index is 646. The lowest BCUT2D eigenvalue weighted by Gasteiger charge is -2.20. The largest absolute Gasteiger partial charge is 0.350 e. The fraction of sp³-hybridized carbons (Fsp3) is 0.308. The van der Waals surface area contributed by atoms with E-state index in [1.165, 1.54) is 19.4 Å². The van der Waals surface area contributed by atoms with E-state index in [0.29, 0.717) is 5.01 Å². The van der Waals surface area contributed by atoms with Crippen molar-refractivity contribution >= 4 is 17.2 Å². The molecule has 0 radical (unpaired) electrons. The topological polar surface area (TPSA) is 54.9 Å². The Hall–Kier alpha value is -1.96. The predicted octanol–water partition coefficient (Wildman–Crippen LogP) is 2.95. The summed E-state index contributed by atoms with van der Waals surface area (Å²) in [6.07, 6.45) is 0. The molecule has 1 unspecified atom stereocenters. The van der Waals surface area contributed by atoms with Crippen molar-refractivity contribution in [2.45, 2.75) is 25.8 Å². The van der Waals surface area contributed by atoms with E-state index in [9.17, 15) is 18.0 Å². The van der Waals surface area contributed by atoms with Crippen LogP contribution in [0.5, 0.6) is 0 Å². The Morgan fingerprint density at radius 1 is 1.43 bits per heavy atom. The van der Waals surface area contributed by atoms with Crippen LogP contribution in [-0.4, -0.2) is 16.1 Å². The maximum Gasteiger partial charge on any atom is 0.350 e. The summed E-state index contributed by atoms with van der Waals surface area (Å²) in [6, 6.07) is 2.10. The van der Waals surface area contributed by atoms with Crippen LogP contribution in [-0.2, 0) is 10.7 Å². The summed E-state index contributed by atoms with van der Waals surface area (Å²) in [6.45, 7) is 2.86. The molecule has 4 nitrogen and oxygen atoms in total. The Kier molecular flexibility index (Phi) is 4.26. The number of carbonyl (C=O) groups excluding carboxylic acids is 1. The minimum absolute atomic E-state index is 0.0127. The molecule has 2 aromatic rings. The number of hydrogen-bond donors (Lipinski definition) is 1. The molecule has 0 saturated carbocycles. The summed E-state index contributed by atoms with van der Waals surface area (Å²) in [5.41, 5.74) is 0.935. The molecule has 0 saturated heterocycles. The molecule has 0 aliphatic heterocycles. The first-order valence-electron chi connectivity index (χ1n) is 6.04. The molecule has 1 amide bonds. The maximum absolute atomic E-state index is 14.2. The molecular formula is C13H12F3N3OS. The molecule has 1 N–H and O–H groups in total. The second-order valence-corrected chi connectivity index (χ2v) is 5.37. The van der Waals surface area contributed by atoms with Crippen molar-refractivity contribution in [3.8, 4) is 0 Å². The van der Waals surface area contributed by atoms with Crippen LogP contribution >= 0.6 is 11.3 Å². The predicted molar refractivity (Wildman–Crippen MR) is 71.5 cm³/mol. The van der Waals surface area contributed by atoms with Gasteiger partial charge in [-0.3, -0.25) is 4.79 Å². The average Bonchev–Trinajstić information content (AvgIpc) is 2.91. The molecule has 112 valence electrons. The minimum Gasteiger partial charge on any atom is -0.342 e. The van der Waals surface area contributed by atoms with Crippen LogP contribution in [0.15, 0.2) is 23.7 Å². The van der Waals surface area contributed by atoms with Crippen LogP contribution in [0.2, 0.25) is 0 Å². The molecule has 1 atom stereocenters. The van der Waals surface area contributed by atoms with Gasteiger partial charge >= 0.3 is 5.92 Å². The van der Waals surface area contributed by atoms with E-state index in [0.717, 1.165) is 29.5 Å². The number of hydrogen-bond acceptors (Lipinski definition) is 4. The van der Waals surface area contributed by atoms with Crippen molar-refractivity contribution in [2.75, 3.05) is 0 Å². The van der Waals surface area contributed by atoms with Crippen molar-refractivity contribution in [3.05, 3.63) is 45.7 Å². The first kappa shape index (κ1) is 15.4. The Morgan fingerprint density at radius 2 is 2.14 bits per heavy atom. The number of halogens is 3. The summed E-state index contributed by atoms with van der Waals surface area (Å²) >= 11 is 1.15. The molecule has 21 heavy (non-hydrogen) atoms. The van der Waals surface area contributed by atoms with Gasteiger partial charge in [0, 0.05) is 5.56 Å². The van der Waals surface area contributed by atoms with Gasteiger partial charge in [0.2, 0.25) is 0 Å². The van der Waals surface area contributed by atoms with Crippen LogP contribution in [0.4, 0.5) is 13.2 Å². The fourth-order valence-electron chi connectivity index (χ4n) is 1.82. The van der Waals surface area contributed by atoms with Crippen molar-refractivity contribution in [2.24, 2.45) is 0 Å². The first-order valence-corrected chi connectivity index (χ1v) is 6.92. The fourth-order valence-corrected chi connectivity index (χ4v) is 2.38. The number of carbonyl (C=O) groups is 1. The molecule has 1 aromatic carbocycles. The van der Waals surface area contributed by atoms with Crippen LogP contribution < -0.4 is 5.32 Å². The minimum atomic E-state index is -3.75. The smallest absolute Gasteiger partial charge is 0.342 e. The zero-order valence-electron chi connectivity index (χ0n) is 11.2. The molecule has 2 rings (SSSR count). The van der Waals surface area contributed by atoms with E-state index in [2.05, 4.69) is 15.5 Å². The van der Waals surface area contributed by atoms with E-state index < -0.39 is 29.3 Å². The van der Waals surface area contributed by atoms with Crippen LogP contribution in [0.1, 0.15) is 29.1 Å². The molecule has 1 heterocycles. The molecule has 0 aliphatic rings. The molecule has 0 aliphatic carbocycles. The Balaban J connectivity index is 2.20. The highest BCUT2D eigenvalue weighted by atomic mass is 32.1. The van der Waals surface area contributed by atoms with Crippen molar-refractivity contribution in [1.29, 1.82) is 0 Å². The van der Waals surface area contributed by atoms with E-state index in [4.69, 9.17) is 0 Å². The number of aryl methyl sites for hydroxylation is 1. The zero-order chi connectivity index (χ0) is 15.6. The number of aromatic nitrogens is 2. The number of nitrogens with one attached hydrogen (secondary N) is 1. The third kappa shape index (κ3) is 3.21. The Morgan fingerprint density at radius 3 is 2.71 bits per heavy atom. The normalized spacial score (nSPS) is 13.0. The lowest BCUT2D eigenvalue weighted by molar-refractivity contribution is -0.147. The van der Waals surface area contributed by atoms with E-state index in [-0.39, 0.29) is 5.56 Å². The second kappa shape index (κ2) is 5.80. The highest BCUT2D eigenvalue weighted by molar-refractivity contribution is 7.09. The number of amides is 1. The standard InChI is InChI=1S/C13H12F3N3OS/c1-7-5-9(14)3-4-10(7)13(15,16)12(20)18-8(2)11-19-17-6-21-11/h3-6,8H,1-2H3,(H,18,20). The van der Waals surface area contributed by atoms with Gasteiger partial charge in [0.05, 0.1) is 6.04 Å². The average molecular weight is 315 g/mol. The Labute approximate surface area is 123 Å². The highest BCUT2D eigenvalue weighted by Crippen LogP contribution is 2.32. The monoisotopic (exact) mass is 315 g/mol. The van der Waals surface area contributed by atoms with Crippen LogP contribution in [0.25, 0.3) is 0 Å². The van der Waals surface area contributed by atoms with E-state index >= 15 is 0 Å². The zero-order valence-corrected chi connectivity index (χ0v) is 12.0. The van der Waals surface area contributed by atoms with Crippen LogP contribution in [0, 0.1) is 12.7 Å². The van der Waals surface area contributed by atoms with Gasteiger partial charge in [0.1, 0.15) is 16.3 Å². The van der Waals surface area contributed by atoms with Gasteiger partial charge in [-0.25, -0.2) is 4.39 Å². The van der Waals surface area contributed by atoms with Gasteiger partial charge in [-0.05, 0) is 37.6 Å². The molecule has 0 fully saturated rings. The molecular weight excluding hydrogens is 303 g/mol. The summed E-state index contributed by atoms with van der Waals surface area (Å²) in [7, 11) is 0. The quantitative estimate of drug-likeness (QED) is 0.944. The summed E-state index contributed by atoms with van der Waals surface area (Å²) in [4.78, 5) is 11.8. The first-order chi connectivity index (χ1) is 9.82. The van der Waals surface area contributed by atoms with Crippen molar-refractivity contribution < 1.29 is 18.0 Å². The van der Waals surface area contributed by atoms with Gasteiger partial charge in [-0.1, -0.05) is 0 Å². The summed E-state index contributed by atoms with van der Waals surface area (Å²) < 4.78 is 41.3. The van der Waals surface area contributed by atoms with Gasteiger partial charge < -0.3 is 5.32 Å². The van der Waals surface area contributed by atoms with Crippen molar-refractivity contribution in [1.82, 2.24) is 15.5 Å². The summed E-state index contributed by atoms with van der Waals surface area (Å²) in [5, 5.41) is 9.91. The van der Waals surface area contributed by atoms with E-state index in [1.807, 2.05) is 0 Å². The van der Waals surface area contributed by atoms with Crippen molar-refractivity contribution in [3.63, 3.8) is 0 Å². The number of rotatable bonds is 4. The van der Waals surface area contributed by atoms with Gasteiger partial charge in [0.15, 0.2) is 0 Å². The second-order valence-electron chi connectivity index (χ2n) is 4.51. The molecule has 0 spiro atoms. The highest BCUT2D eigenvalue weighted by Gasteiger charge is 2.42. The molecule has 8 heteroatoms. The van der Waals surface area contributed by atoms with E-state index in [1.54, 1.807) is 0 Å². The maximum atomic E-state index is 14.2. The van der Waals surface area contributed by atoms with Crippen LogP contribution in [0.3, 0.4) is 0 Å². The third-order valence-corrected chi connectivity index (χ3v) is 3.78. The van der Waals surface area contributed by atoms with Gasteiger partial charge in [-0.2, -0.15) is 8.78 Å².